The molecule has 1 unspecified atom stereocenters. The molecule has 1 aromatic heterocycles. The molecule has 2 N–H and O–H groups in total. The zero-order valence-electron chi connectivity index (χ0n) is 9.71. The highest BCUT2D eigenvalue weighted by Gasteiger charge is 2.26. The smallest absolute Gasteiger partial charge is 0.322 e. The molecular weight excluding hydrogens is 230 g/mol. The van der Waals surface area contributed by atoms with Crippen molar-refractivity contribution in [1.82, 2.24) is 15.1 Å². The molecule has 18 heavy (non-hydrogen) atoms. The Balaban J connectivity index is 1.96. The van der Waals surface area contributed by atoms with Gasteiger partial charge in [-0.2, -0.15) is 5.10 Å². The molecule has 0 spiro atoms. The van der Waals surface area contributed by atoms with Crippen LogP contribution in [-0.4, -0.2) is 26.9 Å². The minimum atomic E-state index is -0.836. The van der Waals surface area contributed by atoms with Crippen molar-refractivity contribution in [2.45, 2.75) is 19.1 Å². The molecule has 0 fully saturated rings. The fourth-order valence-corrected chi connectivity index (χ4v) is 2.24. The number of benzene rings is 1. The summed E-state index contributed by atoms with van der Waals surface area (Å²) in [5.74, 6) is -0.836. The molecule has 2 heterocycles. The van der Waals surface area contributed by atoms with Gasteiger partial charge in [-0.25, -0.2) is 0 Å². The van der Waals surface area contributed by atoms with E-state index < -0.39 is 12.0 Å². The summed E-state index contributed by atoms with van der Waals surface area (Å²) >= 11 is 0. The van der Waals surface area contributed by atoms with Crippen LogP contribution in [0.15, 0.2) is 36.5 Å². The van der Waals surface area contributed by atoms with Gasteiger partial charge in [-0.05, 0) is 5.56 Å². The van der Waals surface area contributed by atoms with Gasteiger partial charge in [-0.3, -0.25) is 14.8 Å². The van der Waals surface area contributed by atoms with E-state index in [9.17, 15) is 4.79 Å². The molecule has 92 valence electrons. The largest absolute Gasteiger partial charge is 0.480 e. The maximum Gasteiger partial charge on any atom is 0.322 e. The van der Waals surface area contributed by atoms with Crippen molar-refractivity contribution in [3.8, 4) is 11.1 Å². The number of aliphatic carboxylic acids is 1. The first-order chi connectivity index (χ1) is 8.75. The number of hydrogen-bond donors (Lipinski definition) is 2. The molecule has 5 nitrogen and oxygen atoms in total. The summed E-state index contributed by atoms with van der Waals surface area (Å²) in [6, 6.07) is 9.44. The molecular formula is C13H13N3O2. The molecule has 2 aromatic rings. The fraction of sp³-hybridized carbons (Fsp3) is 0.231. The van der Waals surface area contributed by atoms with Gasteiger partial charge in [0.1, 0.15) is 6.04 Å². The Morgan fingerprint density at radius 3 is 2.89 bits per heavy atom. The van der Waals surface area contributed by atoms with Gasteiger partial charge < -0.3 is 5.11 Å². The fourth-order valence-electron chi connectivity index (χ4n) is 2.24. The van der Waals surface area contributed by atoms with E-state index in [2.05, 4.69) is 10.4 Å². The average Bonchev–Trinajstić information content (AvgIpc) is 2.82. The molecule has 3 rings (SSSR count). The van der Waals surface area contributed by atoms with Crippen LogP contribution in [0, 0.1) is 0 Å². The van der Waals surface area contributed by atoms with Gasteiger partial charge in [0.2, 0.25) is 0 Å². The first kappa shape index (κ1) is 11.0. The Morgan fingerprint density at radius 2 is 2.17 bits per heavy atom. The Kier molecular flexibility index (Phi) is 2.60. The highest BCUT2D eigenvalue weighted by Crippen LogP contribution is 2.25. The number of aromatic nitrogens is 2. The van der Waals surface area contributed by atoms with Crippen LogP contribution in [-0.2, 0) is 17.9 Å². The highest BCUT2D eigenvalue weighted by atomic mass is 16.4. The van der Waals surface area contributed by atoms with E-state index in [4.69, 9.17) is 5.11 Å². The third-order valence-electron chi connectivity index (χ3n) is 3.20. The van der Waals surface area contributed by atoms with Crippen LogP contribution in [0.2, 0.25) is 0 Å². The molecule has 0 amide bonds. The predicted octanol–water partition coefficient (Wildman–Crippen LogP) is 1.11. The van der Waals surface area contributed by atoms with Crippen molar-refractivity contribution in [2.24, 2.45) is 0 Å². The predicted molar refractivity (Wildman–Crippen MR) is 65.9 cm³/mol. The Bertz CT molecular complexity index is 577. The molecule has 5 heteroatoms. The SMILES string of the molecule is O=C(O)C1Cn2ncc(-c3ccccc3)c2CN1. The Hall–Kier alpha value is -2.14. The number of nitrogens with zero attached hydrogens (tertiary/aromatic N) is 2. The number of carbonyl (C=O) groups is 1. The van der Waals surface area contributed by atoms with E-state index in [0.29, 0.717) is 13.1 Å². The third-order valence-corrected chi connectivity index (χ3v) is 3.20. The van der Waals surface area contributed by atoms with E-state index >= 15 is 0 Å². The molecule has 0 radical (unpaired) electrons. The number of hydrogen-bond acceptors (Lipinski definition) is 3. The van der Waals surface area contributed by atoms with Crippen molar-refractivity contribution in [3.63, 3.8) is 0 Å². The lowest BCUT2D eigenvalue weighted by Crippen LogP contribution is -2.44. The van der Waals surface area contributed by atoms with Crippen molar-refractivity contribution >= 4 is 5.97 Å². The van der Waals surface area contributed by atoms with Crippen molar-refractivity contribution in [1.29, 1.82) is 0 Å². The first-order valence-corrected chi connectivity index (χ1v) is 5.82. The highest BCUT2D eigenvalue weighted by molar-refractivity contribution is 5.74. The Labute approximate surface area is 104 Å². The third kappa shape index (κ3) is 1.78. The number of rotatable bonds is 2. The van der Waals surface area contributed by atoms with Crippen molar-refractivity contribution in [2.75, 3.05) is 0 Å². The lowest BCUT2D eigenvalue weighted by atomic mass is 10.1. The van der Waals surface area contributed by atoms with Crippen LogP contribution >= 0.6 is 0 Å². The zero-order chi connectivity index (χ0) is 12.5. The minimum absolute atomic E-state index is 0.373. The van der Waals surface area contributed by atoms with Gasteiger partial charge in [0.15, 0.2) is 0 Å². The van der Waals surface area contributed by atoms with Gasteiger partial charge in [0.25, 0.3) is 0 Å². The molecule has 1 aliphatic rings. The second kappa shape index (κ2) is 4.27. The van der Waals surface area contributed by atoms with Crippen LogP contribution in [0.3, 0.4) is 0 Å². The monoisotopic (exact) mass is 243 g/mol. The van der Waals surface area contributed by atoms with Gasteiger partial charge in [0.05, 0.1) is 18.4 Å². The number of carboxylic acid groups (broad SMARTS) is 1. The second-order valence-electron chi connectivity index (χ2n) is 4.32. The van der Waals surface area contributed by atoms with Gasteiger partial charge in [-0.15, -0.1) is 0 Å². The molecule has 0 aliphatic carbocycles. The summed E-state index contributed by atoms with van der Waals surface area (Å²) in [5.41, 5.74) is 3.21. The van der Waals surface area contributed by atoms with E-state index in [1.165, 1.54) is 0 Å². The van der Waals surface area contributed by atoms with E-state index in [1.54, 1.807) is 10.9 Å². The molecule has 0 bridgehead atoms. The standard InChI is InChI=1S/C13H13N3O2/c17-13(18)11-8-16-12(7-14-11)10(6-15-16)9-4-2-1-3-5-9/h1-6,11,14H,7-8H2,(H,17,18). The summed E-state index contributed by atoms with van der Waals surface area (Å²) in [6.07, 6.45) is 1.80. The van der Waals surface area contributed by atoms with Crippen LogP contribution in [0.25, 0.3) is 11.1 Å². The van der Waals surface area contributed by atoms with Crippen molar-refractivity contribution < 1.29 is 9.90 Å². The van der Waals surface area contributed by atoms with Crippen LogP contribution < -0.4 is 5.32 Å². The molecule has 0 saturated carbocycles. The molecule has 1 aromatic carbocycles. The number of nitrogens with one attached hydrogen (secondary N) is 1. The summed E-state index contributed by atoms with van der Waals surface area (Å²) in [6.45, 7) is 0.901. The second-order valence-corrected chi connectivity index (χ2v) is 4.32. The van der Waals surface area contributed by atoms with Crippen LogP contribution in [0.1, 0.15) is 5.69 Å². The van der Waals surface area contributed by atoms with E-state index in [-0.39, 0.29) is 0 Å². The van der Waals surface area contributed by atoms with Crippen molar-refractivity contribution in [3.05, 3.63) is 42.2 Å². The number of fused-ring (bicyclic) bond motifs is 1. The first-order valence-electron chi connectivity index (χ1n) is 5.82. The average molecular weight is 243 g/mol. The summed E-state index contributed by atoms with van der Waals surface area (Å²) < 4.78 is 1.78. The normalized spacial score (nSPS) is 18.3. The Morgan fingerprint density at radius 1 is 1.39 bits per heavy atom. The topological polar surface area (TPSA) is 67.1 Å². The van der Waals surface area contributed by atoms with Crippen LogP contribution in [0.5, 0.6) is 0 Å². The van der Waals surface area contributed by atoms with E-state index in [1.807, 2.05) is 30.3 Å². The number of carboxylic acids is 1. The van der Waals surface area contributed by atoms with Gasteiger partial charge in [-0.1, -0.05) is 30.3 Å². The zero-order valence-corrected chi connectivity index (χ0v) is 9.71. The van der Waals surface area contributed by atoms with Gasteiger partial charge >= 0.3 is 5.97 Å². The molecule has 1 atom stereocenters. The lowest BCUT2D eigenvalue weighted by Gasteiger charge is -2.22. The molecule has 0 saturated heterocycles. The lowest BCUT2D eigenvalue weighted by molar-refractivity contribution is -0.140. The molecule has 1 aliphatic heterocycles. The van der Waals surface area contributed by atoms with Gasteiger partial charge in [0, 0.05) is 12.1 Å². The summed E-state index contributed by atoms with van der Waals surface area (Å²) in [4.78, 5) is 10.9. The van der Waals surface area contributed by atoms with Crippen LogP contribution in [0.4, 0.5) is 0 Å². The summed E-state index contributed by atoms with van der Waals surface area (Å²) in [5, 5.41) is 16.3. The van der Waals surface area contributed by atoms with E-state index in [0.717, 1.165) is 16.8 Å². The maximum atomic E-state index is 10.9. The quantitative estimate of drug-likeness (QED) is 0.829. The summed E-state index contributed by atoms with van der Waals surface area (Å²) in [7, 11) is 0. The minimum Gasteiger partial charge on any atom is -0.480 e. The maximum absolute atomic E-state index is 10.9.